The molecule has 0 saturated carbocycles. The number of hydrogen-bond acceptors (Lipinski definition) is 8. The second-order valence-electron chi connectivity index (χ2n) is 13.5. The molecule has 5 N–H and O–H groups in total. The van der Waals surface area contributed by atoms with E-state index in [2.05, 4.69) is 18.6 Å². The molecule has 11 heteroatoms. The van der Waals surface area contributed by atoms with Crippen molar-refractivity contribution < 1.29 is 37.7 Å². The first-order chi connectivity index (χ1) is 23.0. The van der Waals surface area contributed by atoms with Crippen molar-refractivity contribution in [3.05, 3.63) is 35.9 Å². The third-order valence-corrected chi connectivity index (χ3v) is 11.3. The van der Waals surface area contributed by atoms with Crippen LogP contribution in [0, 0.1) is 0 Å². The number of carbonyl (C=O) groups excluding carboxylic acids is 1. The van der Waals surface area contributed by atoms with Crippen LogP contribution in [0.1, 0.15) is 167 Å². The van der Waals surface area contributed by atoms with Crippen molar-refractivity contribution in [3.63, 3.8) is 0 Å². The molecular formula is C37H69NO8PS+. The molecule has 280 valence electrons. The number of sulfonamides is 1. The highest BCUT2D eigenvalue weighted by Gasteiger charge is 2.52. The number of unbranched alkanes of at least 4 members (excludes halogenated alkanes) is 20. The van der Waals surface area contributed by atoms with E-state index in [0.717, 1.165) is 51.4 Å². The standard InChI is InChI=1S/C37H69NO8PS/c1-3-5-7-9-11-13-14-15-16-17-18-19-21-26-30-34(38-48(44,45)31-27-22-20-12-10-8-6-4-2)35(39)36(37(40)47(41,42)43)46-32-33-28-24-23-25-29-33/h23-25,28-29,34-36,38-39,41-43H,3-22,26-27,30-32H2,1-2H3/q+1. The van der Waals surface area contributed by atoms with E-state index in [1.807, 2.05) is 0 Å². The van der Waals surface area contributed by atoms with E-state index in [0.29, 0.717) is 18.4 Å². The smallest absolute Gasteiger partial charge is 0.388 e. The largest absolute Gasteiger partial charge is 0.481 e. The molecule has 3 unspecified atom stereocenters. The summed E-state index contributed by atoms with van der Waals surface area (Å²) < 4.78 is 34.6. The number of aliphatic hydroxyl groups is 1. The maximum absolute atomic E-state index is 13.1. The van der Waals surface area contributed by atoms with Crippen molar-refractivity contribution >= 4 is 23.5 Å². The van der Waals surface area contributed by atoms with E-state index in [-0.39, 0.29) is 18.8 Å². The number of rotatable bonds is 33. The van der Waals surface area contributed by atoms with Crippen LogP contribution in [0.3, 0.4) is 0 Å². The SMILES string of the molecule is CCCCCCCCCCCCCCCCC(NS(=O)(=O)CCCCCCCCCC)C(O)C(OCc1ccccc1)C(=O)[P+](O)(O)O. The van der Waals surface area contributed by atoms with Gasteiger partial charge in [0.25, 0.3) is 0 Å². The zero-order valence-corrected chi connectivity index (χ0v) is 31.8. The molecule has 1 aromatic carbocycles. The topological polar surface area (TPSA) is 153 Å². The Balaban J connectivity index is 2.73. The Morgan fingerprint density at radius 3 is 1.54 bits per heavy atom. The van der Waals surface area contributed by atoms with Gasteiger partial charge < -0.3 is 9.84 Å². The number of carbonyl (C=O) groups is 1. The minimum atomic E-state index is -5.03. The van der Waals surface area contributed by atoms with E-state index in [9.17, 15) is 33.0 Å². The lowest BCUT2D eigenvalue weighted by molar-refractivity contribution is -0.135. The number of nitrogens with one attached hydrogen (secondary N) is 1. The van der Waals surface area contributed by atoms with Crippen LogP contribution in [-0.2, 0) is 26.2 Å². The summed E-state index contributed by atoms with van der Waals surface area (Å²) in [6, 6.07) is 7.73. The molecule has 0 aliphatic carbocycles. The van der Waals surface area contributed by atoms with Gasteiger partial charge in [0, 0.05) is 0 Å². The fourth-order valence-corrected chi connectivity index (χ4v) is 8.02. The normalized spacial score (nSPS) is 14.2. The molecule has 9 nitrogen and oxygen atoms in total. The third-order valence-electron chi connectivity index (χ3n) is 9.00. The lowest BCUT2D eigenvalue weighted by atomic mass is 9.99. The van der Waals surface area contributed by atoms with Gasteiger partial charge in [0.1, 0.15) is 6.10 Å². The summed E-state index contributed by atoms with van der Waals surface area (Å²) in [6.45, 7) is 4.26. The molecule has 0 fully saturated rings. The van der Waals surface area contributed by atoms with Crippen molar-refractivity contribution in [2.24, 2.45) is 0 Å². The highest BCUT2D eigenvalue weighted by atomic mass is 32.2. The zero-order chi connectivity index (χ0) is 35.5. The summed E-state index contributed by atoms with van der Waals surface area (Å²) in [5.41, 5.74) is -0.779. The molecule has 0 aliphatic rings. The molecule has 0 saturated heterocycles. The summed E-state index contributed by atoms with van der Waals surface area (Å²) in [7, 11) is -8.84. The Hall–Kier alpha value is -0.970. The van der Waals surface area contributed by atoms with Crippen LogP contribution in [-0.4, -0.2) is 57.7 Å². The van der Waals surface area contributed by atoms with Gasteiger partial charge in [-0.25, -0.2) is 17.9 Å². The van der Waals surface area contributed by atoms with Crippen molar-refractivity contribution in [1.82, 2.24) is 4.72 Å². The summed E-state index contributed by atoms with van der Waals surface area (Å²) in [5, 5.41) is 11.4. The first-order valence-corrected chi connectivity index (χ1v) is 22.3. The van der Waals surface area contributed by atoms with Gasteiger partial charge in [-0.15, -0.1) is 0 Å². The molecule has 0 heterocycles. The molecule has 0 radical (unpaired) electrons. The van der Waals surface area contributed by atoms with Crippen molar-refractivity contribution in [3.8, 4) is 0 Å². The van der Waals surface area contributed by atoms with Gasteiger partial charge in [-0.05, 0) is 18.4 Å². The molecule has 0 spiro atoms. The van der Waals surface area contributed by atoms with Crippen molar-refractivity contribution in [2.45, 2.75) is 186 Å². The lowest BCUT2D eigenvalue weighted by Crippen LogP contribution is -2.52. The maximum atomic E-state index is 13.1. The molecule has 0 amide bonds. The van der Waals surface area contributed by atoms with Crippen LogP contribution in [0.2, 0.25) is 0 Å². The average molecular weight is 719 g/mol. The molecule has 48 heavy (non-hydrogen) atoms. The van der Waals surface area contributed by atoms with E-state index in [1.165, 1.54) is 77.0 Å². The Bertz CT molecular complexity index is 1020. The molecule has 0 aliphatic heterocycles. The second-order valence-corrected chi connectivity index (χ2v) is 17.0. The van der Waals surface area contributed by atoms with Crippen LogP contribution < -0.4 is 4.72 Å². The summed E-state index contributed by atoms with van der Waals surface area (Å²) in [6.07, 6.45) is 21.1. The monoisotopic (exact) mass is 718 g/mol. The number of ether oxygens (including phenoxy) is 1. The quantitative estimate of drug-likeness (QED) is 0.0358. The van der Waals surface area contributed by atoms with Gasteiger partial charge in [0.2, 0.25) is 10.0 Å². The van der Waals surface area contributed by atoms with Gasteiger partial charge in [-0.3, -0.25) is 0 Å². The summed E-state index contributed by atoms with van der Waals surface area (Å²) in [5.74, 6) is -0.107. The molecule has 1 aromatic rings. The number of benzene rings is 1. The van der Waals surface area contributed by atoms with Crippen LogP contribution in [0.5, 0.6) is 0 Å². The van der Waals surface area contributed by atoms with Gasteiger partial charge in [-0.1, -0.05) is 179 Å². The maximum Gasteiger partial charge on any atom is 0.481 e. The van der Waals surface area contributed by atoms with Crippen LogP contribution in [0.15, 0.2) is 30.3 Å². The van der Waals surface area contributed by atoms with E-state index < -0.39 is 41.7 Å². The lowest BCUT2D eigenvalue weighted by Gasteiger charge is -2.29. The average Bonchev–Trinajstić information content (AvgIpc) is 3.05. The predicted octanol–water partition coefficient (Wildman–Crippen LogP) is 8.50. The molecule has 3 atom stereocenters. The van der Waals surface area contributed by atoms with Gasteiger partial charge in [-0.2, -0.15) is 14.7 Å². The summed E-state index contributed by atoms with van der Waals surface area (Å²) >= 11 is 0. The van der Waals surface area contributed by atoms with E-state index in [1.54, 1.807) is 30.3 Å². The van der Waals surface area contributed by atoms with E-state index in [4.69, 9.17) is 4.74 Å². The number of hydrogen-bond donors (Lipinski definition) is 5. The minimum Gasteiger partial charge on any atom is -0.388 e. The Morgan fingerprint density at radius 1 is 0.688 bits per heavy atom. The molecule has 0 aromatic heterocycles. The Morgan fingerprint density at radius 2 is 1.10 bits per heavy atom. The van der Waals surface area contributed by atoms with E-state index >= 15 is 0 Å². The number of aliphatic hydroxyl groups excluding tert-OH is 1. The molecule has 0 bridgehead atoms. The predicted molar refractivity (Wildman–Crippen MR) is 198 cm³/mol. The van der Waals surface area contributed by atoms with Gasteiger partial charge in [0.15, 0.2) is 6.10 Å². The minimum absolute atomic E-state index is 0.107. The first kappa shape index (κ1) is 45.1. The van der Waals surface area contributed by atoms with Crippen LogP contribution in [0.4, 0.5) is 0 Å². The second kappa shape index (κ2) is 27.7. The highest BCUT2D eigenvalue weighted by molar-refractivity contribution is 7.89. The van der Waals surface area contributed by atoms with Crippen LogP contribution >= 0.6 is 7.94 Å². The Kier molecular flexibility index (Phi) is 26.0. The third kappa shape index (κ3) is 22.7. The zero-order valence-electron chi connectivity index (χ0n) is 30.1. The first-order valence-electron chi connectivity index (χ1n) is 19.0. The van der Waals surface area contributed by atoms with Gasteiger partial charge in [0.05, 0.1) is 18.4 Å². The van der Waals surface area contributed by atoms with Crippen LogP contribution in [0.25, 0.3) is 0 Å². The van der Waals surface area contributed by atoms with Crippen molar-refractivity contribution in [1.29, 1.82) is 0 Å². The Labute approximate surface area is 293 Å². The fourth-order valence-electron chi connectivity index (χ4n) is 6.03. The van der Waals surface area contributed by atoms with Crippen molar-refractivity contribution in [2.75, 3.05) is 5.75 Å². The fraction of sp³-hybridized carbons (Fsp3) is 0.811. The van der Waals surface area contributed by atoms with Gasteiger partial charge >= 0.3 is 13.5 Å². The molecular weight excluding hydrogens is 649 g/mol. The molecule has 1 rings (SSSR count). The highest BCUT2D eigenvalue weighted by Crippen LogP contribution is 2.47. The summed E-state index contributed by atoms with van der Waals surface area (Å²) in [4.78, 5) is 42.3.